The molecule has 0 bridgehead atoms. The highest BCUT2D eigenvalue weighted by Crippen LogP contribution is 2.18. The van der Waals surface area contributed by atoms with Crippen LogP contribution in [0.1, 0.15) is 18.1 Å². The lowest BCUT2D eigenvalue weighted by molar-refractivity contribution is 0.304. The highest BCUT2D eigenvalue weighted by atomic mass is 79.9. The maximum absolute atomic E-state index is 13.5. The molecule has 0 unspecified atom stereocenters. The van der Waals surface area contributed by atoms with Gasteiger partial charge in [-0.15, -0.1) is 0 Å². The van der Waals surface area contributed by atoms with Gasteiger partial charge in [-0.2, -0.15) is 0 Å². The van der Waals surface area contributed by atoms with Crippen LogP contribution in [0, 0.1) is 5.82 Å². The third kappa shape index (κ3) is 4.62. The summed E-state index contributed by atoms with van der Waals surface area (Å²) in [5.74, 6) is 0.284. The Morgan fingerprint density at radius 2 is 1.85 bits per heavy atom. The molecule has 0 radical (unpaired) electrons. The van der Waals surface area contributed by atoms with Gasteiger partial charge in [-0.05, 0) is 41.9 Å². The molecule has 2 rings (SSSR count). The molecular formula is C16H17BrFNO. The molecule has 106 valence electrons. The minimum Gasteiger partial charge on any atom is -0.489 e. The van der Waals surface area contributed by atoms with Gasteiger partial charge in [-0.25, -0.2) is 4.39 Å². The van der Waals surface area contributed by atoms with Gasteiger partial charge in [0.1, 0.15) is 18.2 Å². The highest BCUT2D eigenvalue weighted by molar-refractivity contribution is 9.10. The van der Waals surface area contributed by atoms with Gasteiger partial charge in [0, 0.05) is 17.1 Å². The van der Waals surface area contributed by atoms with E-state index in [0.29, 0.717) is 18.9 Å². The summed E-state index contributed by atoms with van der Waals surface area (Å²) in [7, 11) is 0. The highest BCUT2D eigenvalue weighted by Gasteiger charge is 2.02. The van der Waals surface area contributed by atoms with Crippen molar-refractivity contribution < 1.29 is 9.13 Å². The zero-order valence-corrected chi connectivity index (χ0v) is 12.9. The second-order valence-corrected chi connectivity index (χ2v) is 5.41. The number of nitrogens with one attached hydrogen (secondary N) is 1. The van der Waals surface area contributed by atoms with Crippen LogP contribution in [0.25, 0.3) is 0 Å². The molecule has 1 N–H and O–H groups in total. The zero-order valence-electron chi connectivity index (χ0n) is 11.3. The van der Waals surface area contributed by atoms with E-state index in [1.165, 1.54) is 12.1 Å². The monoisotopic (exact) mass is 337 g/mol. The first-order valence-corrected chi connectivity index (χ1v) is 7.34. The van der Waals surface area contributed by atoms with Crippen LogP contribution in [0.5, 0.6) is 5.75 Å². The van der Waals surface area contributed by atoms with Crippen LogP contribution in [0.3, 0.4) is 0 Å². The SMILES string of the molecule is CCNCc1cc(F)cc(OCc2ccc(Br)cc2)c1. The van der Waals surface area contributed by atoms with Crippen molar-refractivity contribution in [3.05, 3.63) is 63.9 Å². The van der Waals surface area contributed by atoms with Gasteiger partial charge < -0.3 is 10.1 Å². The quantitative estimate of drug-likeness (QED) is 0.849. The molecule has 0 spiro atoms. The fraction of sp³-hybridized carbons (Fsp3) is 0.250. The van der Waals surface area contributed by atoms with Gasteiger partial charge in [0.05, 0.1) is 0 Å². The van der Waals surface area contributed by atoms with Crippen molar-refractivity contribution in [1.29, 1.82) is 0 Å². The van der Waals surface area contributed by atoms with Crippen molar-refractivity contribution in [2.24, 2.45) is 0 Å². The van der Waals surface area contributed by atoms with E-state index in [9.17, 15) is 4.39 Å². The predicted octanol–water partition coefficient (Wildman–Crippen LogP) is 4.28. The smallest absolute Gasteiger partial charge is 0.127 e. The minimum atomic E-state index is -0.272. The molecule has 0 atom stereocenters. The fourth-order valence-electron chi connectivity index (χ4n) is 1.82. The number of hydrogen-bond donors (Lipinski definition) is 1. The molecule has 0 saturated carbocycles. The second kappa shape index (κ2) is 7.41. The van der Waals surface area contributed by atoms with E-state index in [0.717, 1.165) is 22.1 Å². The number of benzene rings is 2. The molecule has 0 aromatic heterocycles. The van der Waals surface area contributed by atoms with Gasteiger partial charge in [0.25, 0.3) is 0 Å². The van der Waals surface area contributed by atoms with Crippen molar-refractivity contribution in [2.75, 3.05) is 6.54 Å². The number of ether oxygens (including phenoxy) is 1. The zero-order chi connectivity index (χ0) is 14.4. The summed E-state index contributed by atoms with van der Waals surface area (Å²) in [4.78, 5) is 0. The molecule has 0 heterocycles. The Bertz CT molecular complexity index is 557. The Hall–Kier alpha value is -1.39. The third-order valence-electron chi connectivity index (χ3n) is 2.83. The normalized spacial score (nSPS) is 10.6. The first-order chi connectivity index (χ1) is 9.67. The Balaban J connectivity index is 2.01. The molecule has 0 fully saturated rings. The molecule has 2 aromatic carbocycles. The largest absolute Gasteiger partial charge is 0.489 e. The van der Waals surface area contributed by atoms with Crippen LogP contribution in [-0.4, -0.2) is 6.54 Å². The standard InChI is InChI=1S/C16H17BrFNO/c1-2-19-10-13-7-15(18)9-16(8-13)20-11-12-3-5-14(17)6-4-12/h3-9,19H,2,10-11H2,1H3. The van der Waals surface area contributed by atoms with Gasteiger partial charge >= 0.3 is 0 Å². The summed E-state index contributed by atoms with van der Waals surface area (Å²) in [6, 6.07) is 12.7. The van der Waals surface area contributed by atoms with Crippen LogP contribution < -0.4 is 10.1 Å². The van der Waals surface area contributed by atoms with Crippen LogP contribution in [0.2, 0.25) is 0 Å². The molecule has 4 heteroatoms. The molecule has 0 amide bonds. The van der Waals surface area contributed by atoms with E-state index in [2.05, 4.69) is 21.2 Å². The third-order valence-corrected chi connectivity index (χ3v) is 3.36. The van der Waals surface area contributed by atoms with Gasteiger partial charge in [0.2, 0.25) is 0 Å². The second-order valence-electron chi connectivity index (χ2n) is 4.49. The molecule has 0 aliphatic rings. The Morgan fingerprint density at radius 1 is 1.10 bits per heavy atom. The molecule has 2 nitrogen and oxygen atoms in total. The minimum absolute atomic E-state index is 0.272. The van der Waals surface area contributed by atoms with E-state index in [4.69, 9.17) is 4.74 Å². The van der Waals surface area contributed by atoms with Crippen LogP contribution in [-0.2, 0) is 13.2 Å². The molecule has 0 aliphatic heterocycles. The summed E-state index contributed by atoms with van der Waals surface area (Å²) in [6.07, 6.45) is 0. The Kier molecular flexibility index (Phi) is 5.56. The van der Waals surface area contributed by atoms with E-state index >= 15 is 0 Å². The Labute approximate surface area is 127 Å². The number of hydrogen-bond acceptors (Lipinski definition) is 2. The lowest BCUT2D eigenvalue weighted by Gasteiger charge is -2.09. The lowest BCUT2D eigenvalue weighted by atomic mass is 10.2. The van der Waals surface area contributed by atoms with Crippen molar-refractivity contribution in [1.82, 2.24) is 5.32 Å². The average Bonchev–Trinajstić information content (AvgIpc) is 2.44. The summed E-state index contributed by atoms with van der Waals surface area (Å²) < 4.78 is 20.2. The Morgan fingerprint density at radius 3 is 2.55 bits per heavy atom. The first kappa shape index (κ1) is 15.0. The predicted molar refractivity (Wildman–Crippen MR) is 82.3 cm³/mol. The van der Waals surface area contributed by atoms with Crippen LogP contribution in [0.15, 0.2) is 46.9 Å². The molecule has 2 aromatic rings. The topological polar surface area (TPSA) is 21.3 Å². The van der Waals surface area contributed by atoms with Crippen LogP contribution in [0.4, 0.5) is 4.39 Å². The van der Waals surface area contributed by atoms with Crippen molar-refractivity contribution in [2.45, 2.75) is 20.1 Å². The van der Waals surface area contributed by atoms with Gasteiger partial charge in [0.15, 0.2) is 0 Å². The van der Waals surface area contributed by atoms with Crippen molar-refractivity contribution in [3.8, 4) is 5.75 Å². The van der Waals surface area contributed by atoms with E-state index in [1.54, 1.807) is 0 Å². The summed E-state index contributed by atoms with van der Waals surface area (Å²) in [6.45, 7) is 3.94. The molecule has 0 aliphatic carbocycles. The van der Waals surface area contributed by atoms with Crippen molar-refractivity contribution in [3.63, 3.8) is 0 Å². The molecular weight excluding hydrogens is 321 g/mol. The van der Waals surface area contributed by atoms with Gasteiger partial charge in [-0.1, -0.05) is 35.0 Å². The van der Waals surface area contributed by atoms with Gasteiger partial charge in [-0.3, -0.25) is 0 Å². The molecule has 0 saturated heterocycles. The van der Waals surface area contributed by atoms with Crippen molar-refractivity contribution >= 4 is 15.9 Å². The number of rotatable bonds is 6. The first-order valence-electron chi connectivity index (χ1n) is 6.55. The van der Waals surface area contributed by atoms with E-state index < -0.39 is 0 Å². The summed E-state index contributed by atoms with van der Waals surface area (Å²) >= 11 is 3.39. The van der Waals surface area contributed by atoms with E-state index in [-0.39, 0.29) is 5.82 Å². The summed E-state index contributed by atoms with van der Waals surface area (Å²) in [5.41, 5.74) is 1.93. The maximum Gasteiger partial charge on any atom is 0.127 e. The number of halogens is 2. The fourth-order valence-corrected chi connectivity index (χ4v) is 2.09. The lowest BCUT2D eigenvalue weighted by Crippen LogP contribution is -2.12. The van der Waals surface area contributed by atoms with E-state index in [1.807, 2.05) is 37.3 Å². The average molecular weight is 338 g/mol. The maximum atomic E-state index is 13.5. The van der Waals surface area contributed by atoms with Crippen LogP contribution >= 0.6 is 15.9 Å². The summed E-state index contributed by atoms with van der Waals surface area (Å²) in [5, 5.41) is 3.17. The molecule has 20 heavy (non-hydrogen) atoms.